The number of carbonyl (C=O) groups excluding carboxylic acids is 1. The summed E-state index contributed by atoms with van der Waals surface area (Å²) in [5.41, 5.74) is 1.00. The number of H-pyrrole nitrogens is 1. The number of carbonyl (C=O) groups is 1. The molecule has 0 fully saturated rings. The van der Waals surface area contributed by atoms with Crippen LogP contribution in [0.5, 0.6) is 0 Å². The summed E-state index contributed by atoms with van der Waals surface area (Å²) in [6, 6.07) is 0. The van der Waals surface area contributed by atoms with Crippen molar-refractivity contribution in [1.29, 1.82) is 0 Å². The maximum atomic E-state index is 11.3. The second kappa shape index (κ2) is 4.86. The molecular weight excluding hydrogens is 190 g/mol. The van der Waals surface area contributed by atoms with Gasteiger partial charge in [0.25, 0.3) is 0 Å². The van der Waals surface area contributed by atoms with Crippen LogP contribution >= 0.6 is 11.8 Å². The van der Waals surface area contributed by atoms with Crippen molar-refractivity contribution in [2.24, 2.45) is 0 Å². The molecule has 5 nitrogen and oxygen atoms in total. The number of rotatable bonds is 4. The van der Waals surface area contributed by atoms with Gasteiger partial charge in [0.05, 0.1) is 6.61 Å². The lowest BCUT2D eigenvalue weighted by Crippen LogP contribution is -2.07. The highest BCUT2D eigenvalue weighted by Gasteiger charge is 2.15. The van der Waals surface area contributed by atoms with E-state index in [-0.39, 0.29) is 0 Å². The van der Waals surface area contributed by atoms with Crippen molar-refractivity contribution < 1.29 is 9.53 Å². The van der Waals surface area contributed by atoms with E-state index >= 15 is 0 Å². The smallest absolute Gasteiger partial charge is 0.358 e. The molecule has 0 aromatic carbocycles. The van der Waals surface area contributed by atoms with Crippen molar-refractivity contribution >= 4 is 17.7 Å². The zero-order chi connectivity index (χ0) is 9.68. The van der Waals surface area contributed by atoms with E-state index in [4.69, 9.17) is 4.74 Å². The molecule has 0 aliphatic rings. The van der Waals surface area contributed by atoms with E-state index in [0.717, 1.165) is 0 Å². The zero-order valence-corrected chi connectivity index (χ0v) is 8.35. The van der Waals surface area contributed by atoms with Crippen LogP contribution in [-0.2, 0) is 10.5 Å². The summed E-state index contributed by atoms with van der Waals surface area (Å²) in [5.74, 6) is 0.265. The lowest BCUT2D eigenvalue weighted by atomic mass is 10.3. The van der Waals surface area contributed by atoms with Crippen LogP contribution in [0.25, 0.3) is 0 Å². The first-order valence-corrected chi connectivity index (χ1v) is 5.25. The molecule has 6 heteroatoms. The first kappa shape index (κ1) is 10.0. The number of ether oxygens (including phenoxy) is 1. The fourth-order valence-electron chi connectivity index (χ4n) is 0.854. The minimum absolute atomic E-state index is 0.358. The molecule has 0 saturated heterocycles. The lowest BCUT2D eigenvalue weighted by Gasteiger charge is -1.99. The van der Waals surface area contributed by atoms with Crippen molar-refractivity contribution in [2.45, 2.75) is 12.7 Å². The lowest BCUT2D eigenvalue weighted by molar-refractivity contribution is 0.0518. The first-order valence-electron chi connectivity index (χ1n) is 3.85. The van der Waals surface area contributed by atoms with Gasteiger partial charge < -0.3 is 4.74 Å². The molecule has 0 aliphatic carbocycles. The number of aromatic amines is 1. The standard InChI is InChI=1S/C7H11N3O2S/c1-3-12-7(11)6-5(4-13-2)8-10-9-6/h3-4H2,1-2H3,(H,8,9,10). The molecule has 0 spiro atoms. The van der Waals surface area contributed by atoms with Gasteiger partial charge in [0.2, 0.25) is 0 Å². The second-order valence-electron chi connectivity index (χ2n) is 2.29. The first-order chi connectivity index (χ1) is 6.29. The predicted molar refractivity (Wildman–Crippen MR) is 49.6 cm³/mol. The van der Waals surface area contributed by atoms with E-state index in [1.165, 1.54) is 0 Å². The summed E-state index contributed by atoms with van der Waals surface area (Å²) in [5, 5.41) is 9.86. The third-order valence-corrected chi connectivity index (χ3v) is 1.94. The molecule has 0 atom stereocenters. The van der Waals surface area contributed by atoms with Gasteiger partial charge in [-0.25, -0.2) is 4.79 Å². The van der Waals surface area contributed by atoms with Crippen LogP contribution in [0.3, 0.4) is 0 Å². The Labute approximate surface area is 80.2 Å². The molecule has 0 aliphatic heterocycles. The monoisotopic (exact) mass is 201 g/mol. The largest absolute Gasteiger partial charge is 0.461 e. The van der Waals surface area contributed by atoms with Crippen molar-refractivity contribution in [3.8, 4) is 0 Å². The average molecular weight is 201 g/mol. The van der Waals surface area contributed by atoms with E-state index < -0.39 is 5.97 Å². The summed E-state index contributed by atoms with van der Waals surface area (Å²) in [6.07, 6.45) is 1.93. The Balaban J connectivity index is 2.74. The fourth-order valence-corrected chi connectivity index (χ4v) is 1.33. The third-order valence-electron chi connectivity index (χ3n) is 1.38. The Morgan fingerprint density at radius 1 is 1.69 bits per heavy atom. The summed E-state index contributed by atoms with van der Waals surface area (Å²) in [6.45, 7) is 2.12. The molecule has 1 aromatic heterocycles. The molecule has 0 bridgehead atoms. The van der Waals surface area contributed by atoms with Crippen molar-refractivity contribution in [3.05, 3.63) is 11.4 Å². The Hall–Kier alpha value is -1.04. The molecule has 0 amide bonds. The quantitative estimate of drug-likeness (QED) is 0.731. The Morgan fingerprint density at radius 2 is 2.46 bits per heavy atom. The zero-order valence-electron chi connectivity index (χ0n) is 7.53. The van der Waals surface area contributed by atoms with E-state index in [9.17, 15) is 4.79 Å². The summed E-state index contributed by atoms with van der Waals surface area (Å²) in [7, 11) is 0. The molecule has 0 radical (unpaired) electrons. The molecule has 1 rings (SSSR count). The molecule has 1 aromatic rings. The predicted octanol–water partition coefficient (Wildman–Crippen LogP) is 0.844. The van der Waals surface area contributed by atoms with Crippen molar-refractivity contribution in [2.75, 3.05) is 12.9 Å². The molecule has 13 heavy (non-hydrogen) atoms. The van der Waals surface area contributed by atoms with Gasteiger partial charge in [-0.3, -0.25) is 5.10 Å². The van der Waals surface area contributed by atoms with Gasteiger partial charge in [-0.1, -0.05) is 5.21 Å². The van der Waals surface area contributed by atoms with Crippen LogP contribution in [-0.4, -0.2) is 34.2 Å². The molecular formula is C7H11N3O2S. The Bertz CT molecular complexity index is 287. The Kier molecular flexibility index (Phi) is 3.75. The van der Waals surface area contributed by atoms with Gasteiger partial charge in [0.1, 0.15) is 5.69 Å². The van der Waals surface area contributed by atoms with Crippen molar-refractivity contribution in [1.82, 2.24) is 15.4 Å². The number of hydrogen-bond acceptors (Lipinski definition) is 5. The normalized spacial score (nSPS) is 10.0. The Morgan fingerprint density at radius 3 is 3.08 bits per heavy atom. The SMILES string of the molecule is CCOC(=O)c1[nH]nnc1CSC. The van der Waals surface area contributed by atoms with Gasteiger partial charge in [0.15, 0.2) is 5.69 Å². The van der Waals surface area contributed by atoms with Crippen LogP contribution in [0.4, 0.5) is 0 Å². The van der Waals surface area contributed by atoms with E-state index in [1.807, 2.05) is 6.26 Å². The van der Waals surface area contributed by atoms with Crippen LogP contribution in [0, 0.1) is 0 Å². The number of thioether (sulfide) groups is 1. The van der Waals surface area contributed by atoms with Crippen LogP contribution < -0.4 is 0 Å². The van der Waals surface area contributed by atoms with Crippen LogP contribution in [0.2, 0.25) is 0 Å². The average Bonchev–Trinajstić information content (AvgIpc) is 2.54. The molecule has 0 saturated carbocycles. The topological polar surface area (TPSA) is 67.9 Å². The minimum Gasteiger partial charge on any atom is -0.461 e. The number of hydrogen-bond donors (Lipinski definition) is 1. The van der Waals surface area contributed by atoms with Crippen LogP contribution in [0.15, 0.2) is 0 Å². The fraction of sp³-hybridized carbons (Fsp3) is 0.571. The molecule has 1 N–H and O–H groups in total. The third kappa shape index (κ3) is 2.45. The summed E-state index contributed by atoms with van der Waals surface area (Å²) >= 11 is 1.58. The van der Waals surface area contributed by atoms with Crippen LogP contribution in [0.1, 0.15) is 23.1 Å². The van der Waals surface area contributed by atoms with E-state index in [1.54, 1.807) is 18.7 Å². The van der Waals surface area contributed by atoms with Gasteiger partial charge in [-0.2, -0.15) is 11.8 Å². The number of aromatic nitrogens is 3. The van der Waals surface area contributed by atoms with Crippen molar-refractivity contribution in [3.63, 3.8) is 0 Å². The maximum absolute atomic E-state index is 11.3. The van der Waals surface area contributed by atoms with Gasteiger partial charge in [-0.15, -0.1) is 5.10 Å². The summed E-state index contributed by atoms with van der Waals surface area (Å²) in [4.78, 5) is 11.3. The maximum Gasteiger partial charge on any atom is 0.358 e. The molecule has 1 heterocycles. The number of esters is 1. The minimum atomic E-state index is -0.392. The van der Waals surface area contributed by atoms with E-state index in [0.29, 0.717) is 23.7 Å². The summed E-state index contributed by atoms with van der Waals surface area (Å²) < 4.78 is 4.81. The molecule has 0 unspecified atom stereocenters. The van der Waals surface area contributed by atoms with Gasteiger partial charge >= 0.3 is 5.97 Å². The highest BCUT2D eigenvalue weighted by Crippen LogP contribution is 2.10. The number of nitrogens with one attached hydrogen (secondary N) is 1. The highest BCUT2D eigenvalue weighted by atomic mass is 32.2. The number of nitrogens with zero attached hydrogens (tertiary/aromatic N) is 2. The van der Waals surface area contributed by atoms with Gasteiger partial charge in [-0.05, 0) is 13.2 Å². The second-order valence-corrected chi connectivity index (χ2v) is 3.15. The highest BCUT2D eigenvalue weighted by molar-refractivity contribution is 7.97. The van der Waals surface area contributed by atoms with Gasteiger partial charge in [0, 0.05) is 5.75 Å². The molecule has 72 valence electrons. The van der Waals surface area contributed by atoms with E-state index in [2.05, 4.69) is 15.4 Å².